The number of aryl methyl sites for hydroxylation is 1. The van der Waals surface area contributed by atoms with Gasteiger partial charge in [-0.3, -0.25) is 4.79 Å². The molecule has 27 heavy (non-hydrogen) atoms. The summed E-state index contributed by atoms with van der Waals surface area (Å²) >= 11 is 6.01. The number of nitrogens with zero attached hydrogens (tertiary/aromatic N) is 3. The Labute approximate surface area is 161 Å². The van der Waals surface area contributed by atoms with E-state index in [1.54, 1.807) is 4.68 Å². The third-order valence-electron chi connectivity index (χ3n) is 5.23. The zero-order valence-electron chi connectivity index (χ0n) is 14.7. The number of benzene rings is 2. The number of imidazole rings is 1. The third-order valence-corrected chi connectivity index (χ3v) is 5.48. The van der Waals surface area contributed by atoms with Crippen molar-refractivity contribution in [3.63, 3.8) is 0 Å². The van der Waals surface area contributed by atoms with Crippen molar-refractivity contribution in [2.24, 2.45) is 0 Å². The van der Waals surface area contributed by atoms with Gasteiger partial charge in [-0.1, -0.05) is 35.9 Å². The zero-order chi connectivity index (χ0) is 18.5. The number of hydrogen-bond donors (Lipinski definition) is 1. The van der Waals surface area contributed by atoms with E-state index in [1.165, 1.54) is 0 Å². The van der Waals surface area contributed by atoms with Crippen LogP contribution in [0.2, 0.25) is 5.02 Å². The van der Waals surface area contributed by atoms with E-state index in [1.807, 2.05) is 55.5 Å². The molecule has 1 aliphatic carbocycles. The van der Waals surface area contributed by atoms with Gasteiger partial charge in [0.1, 0.15) is 0 Å². The van der Waals surface area contributed by atoms with Gasteiger partial charge in [-0.15, -0.1) is 0 Å². The quantitative estimate of drug-likeness (QED) is 0.555. The predicted molar refractivity (Wildman–Crippen MR) is 105 cm³/mol. The largest absolute Gasteiger partial charge is 0.322 e. The Bertz CT molecular complexity index is 1140. The van der Waals surface area contributed by atoms with Crippen molar-refractivity contribution < 1.29 is 4.79 Å². The molecule has 2 aromatic carbocycles. The van der Waals surface area contributed by atoms with Crippen LogP contribution in [0.3, 0.4) is 0 Å². The van der Waals surface area contributed by atoms with Crippen LogP contribution in [0.25, 0.3) is 17.0 Å². The van der Waals surface area contributed by atoms with Crippen molar-refractivity contribution in [2.75, 3.05) is 0 Å². The van der Waals surface area contributed by atoms with Crippen LogP contribution >= 0.6 is 11.6 Å². The Kier molecular flexibility index (Phi) is 3.65. The molecule has 1 aliphatic rings. The van der Waals surface area contributed by atoms with Crippen molar-refractivity contribution in [1.82, 2.24) is 19.7 Å². The summed E-state index contributed by atoms with van der Waals surface area (Å²) in [5.74, 6) is 0.891. The van der Waals surface area contributed by atoms with Gasteiger partial charge in [0.05, 0.1) is 28.0 Å². The molecule has 4 aromatic rings. The molecule has 6 heteroatoms. The number of H-pyrrole nitrogens is 1. The zero-order valence-corrected chi connectivity index (χ0v) is 15.5. The minimum Gasteiger partial charge on any atom is -0.322 e. The third kappa shape index (κ3) is 2.66. The van der Waals surface area contributed by atoms with Crippen molar-refractivity contribution in [2.45, 2.75) is 25.7 Å². The number of carbonyl (C=O) groups excluding carboxylic acids is 1. The lowest BCUT2D eigenvalue weighted by atomic mass is 9.81. The minimum atomic E-state index is 0.112. The molecule has 2 aromatic heterocycles. The highest BCUT2D eigenvalue weighted by atomic mass is 35.5. The Hall–Kier alpha value is -2.92. The molecule has 0 saturated carbocycles. The molecule has 0 aliphatic heterocycles. The van der Waals surface area contributed by atoms with Crippen LogP contribution in [-0.2, 0) is 6.42 Å². The molecule has 0 spiro atoms. The van der Waals surface area contributed by atoms with Gasteiger partial charge in [0, 0.05) is 11.4 Å². The highest BCUT2D eigenvalue weighted by Crippen LogP contribution is 2.35. The average molecular weight is 377 g/mol. The Morgan fingerprint density at radius 2 is 1.89 bits per heavy atom. The number of ketones is 1. The molecule has 0 unspecified atom stereocenters. The minimum absolute atomic E-state index is 0.112. The number of rotatable bonds is 2. The molecular formula is C21H17ClN4O. The van der Waals surface area contributed by atoms with Crippen molar-refractivity contribution in [3.05, 3.63) is 76.1 Å². The fourth-order valence-corrected chi connectivity index (χ4v) is 4.07. The maximum Gasteiger partial charge on any atom is 0.229 e. The summed E-state index contributed by atoms with van der Waals surface area (Å²) in [5, 5.41) is 5.33. The smallest absolute Gasteiger partial charge is 0.229 e. The van der Waals surface area contributed by atoms with Crippen molar-refractivity contribution in [1.29, 1.82) is 0 Å². The number of para-hydroxylation sites is 2. The molecule has 0 bridgehead atoms. The van der Waals surface area contributed by atoms with Crippen LogP contribution in [0.5, 0.6) is 0 Å². The first-order valence-corrected chi connectivity index (χ1v) is 9.30. The first kappa shape index (κ1) is 16.3. The number of nitrogens with one attached hydrogen (secondary N) is 1. The summed E-state index contributed by atoms with van der Waals surface area (Å²) in [6, 6.07) is 15.6. The SMILES string of the molecule is Cc1nn(-c2nc3ccccc3[nH]2)c2c1C(=O)C[C@H](c1ccc(Cl)cc1)C2. The second-order valence-corrected chi connectivity index (χ2v) is 7.41. The summed E-state index contributed by atoms with van der Waals surface area (Å²) < 4.78 is 1.80. The maximum absolute atomic E-state index is 12.9. The predicted octanol–water partition coefficient (Wildman–Crippen LogP) is 4.62. The molecule has 2 heterocycles. The molecule has 0 saturated heterocycles. The summed E-state index contributed by atoms with van der Waals surface area (Å²) in [6.07, 6.45) is 1.22. The van der Waals surface area contributed by atoms with E-state index in [-0.39, 0.29) is 11.7 Å². The van der Waals surface area contributed by atoms with Gasteiger partial charge in [-0.05, 0) is 49.1 Å². The molecule has 0 radical (unpaired) electrons. The average Bonchev–Trinajstić information content (AvgIpc) is 3.23. The van der Waals surface area contributed by atoms with Gasteiger partial charge < -0.3 is 4.98 Å². The summed E-state index contributed by atoms with van der Waals surface area (Å²) in [6.45, 7) is 1.89. The highest BCUT2D eigenvalue weighted by Gasteiger charge is 2.32. The molecule has 1 N–H and O–H groups in total. The van der Waals surface area contributed by atoms with E-state index in [9.17, 15) is 4.79 Å². The van der Waals surface area contributed by atoms with Crippen LogP contribution in [0, 0.1) is 6.92 Å². The lowest BCUT2D eigenvalue weighted by molar-refractivity contribution is 0.0963. The van der Waals surface area contributed by atoms with Crippen molar-refractivity contribution >= 4 is 28.4 Å². The van der Waals surface area contributed by atoms with Gasteiger partial charge >= 0.3 is 0 Å². The second-order valence-electron chi connectivity index (χ2n) is 6.98. The Morgan fingerprint density at radius 1 is 1.11 bits per heavy atom. The molecule has 0 fully saturated rings. The lowest BCUT2D eigenvalue weighted by Gasteiger charge is -2.22. The number of carbonyl (C=O) groups is 1. The number of hydrogen-bond acceptors (Lipinski definition) is 3. The number of aromatic nitrogens is 4. The Morgan fingerprint density at radius 3 is 2.67 bits per heavy atom. The van der Waals surface area contributed by atoms with Gasteiger partial charge in [-0.25, -0.2) is 9.67 Å². The summed E-state index contributed by atoms with van der Waals surface area (Å²) in [7, 11) is 0. The second kappa shape index (κ2) is 6.06. The first-order chi connectivity index (χ1) is 13.1. The van der Waals surface area contributed by atoms with Crippen LogP contribution in [0.4, 0.5) is 0 Å². The number of Topliss-reactive ketones (excluding diaryl/α,β-unsaturated/α-hetero) is 1. The normalized spacial score (nSPS) is 16.7. The molecule has 5 nitrogen and oxygen atoms in total. The number of fused-ring (bicyclic) bond motifs is 2. The van der Waals surface area contributed by atoms with E-state index in [0.717, 1.165) is 40.0 Å². The molecule has 134 valence electrons. The topological polar surface area (TPSA) is 63.6 Å². The fourth-order valence-electron chi connectivity index (χ4n) is 3.94. The van der Waals surface area contributed by atoms with E-state index in [2.05, 4.69) is 15.1 Å². The van der Waals surface area contributed by atoms with Gasteiger partial charge in [0.2, 0.25) is 5.95 Å². The maximum atomic E-state index is 12.9. The van der Waals surface area contributed by atoms with E-state index >= 15 is 0 Å². The number of halogens is 1. The van der Waals surface area contributed by atoms with E-state index in [0.29, 0.717) is 17.4 Å². The summed E-state index contributed by atoms with van der Waals surface area (Å²) in [4.78, 5) is 20.8. The van der Waals surface area contributed by atoms with Gasteiger partial charge in [-0.2, -0.15) is 5.10 Å². The van der Waals surface area contributed by atoms with Crippen LogP contribution in [0.1, 0.15) is 39.6 Å². The van der Waals surface area contributed by atoms with Gasteiger partial charge in [0.25, 0.3) is 0 Å². The number of aromatic amines is 1. The lowest BCUT2D eigenvalue weighted by Crippen LogP contribution is -2.20. The van der Waals surface area contributed by atoms with E-state index in [4.69, 9.17) is 11.6 Å². The molecular weight excluding hydrogens is 360 g/mol. The monoisotopic (exact) mass is 376 g/mol. The highest BCUT2D eigenvalue weighted by molar-refractivity contribution is 6.30. The fraction of sp³-hybridized carbons (Fsp3) is 0.190. The first-order valence-electron chi connectivity index (χ1n) is 8.92. The standard InChI is InChI=1S/C21H17ClN4O/c1-12-20-18(10-14(11-19(20)27)13-6-8-15(22)9-7-13)26(25-12)21-23-16-4-2-3-5-17(16)24-21/h2-9,14H,10-11H2,1H3,(H,23,24)/t14-/m1/s1. The van der Waals surface area contributed by atoms with E-state index < -0.39 is 0 Å². The molecule has 0 amide bonds. The van der Waals surface area contributed by atoms with Crippen molar-refractivity contribution in [3.8, 4) is 5.95 Å². The molecule has 5 rings (SSSR count). The van der Waals surface area contributed by atoms with Crippen LogP contribution in [-0.4, -0.2) is 25.5 Å². The van der Waals surface area contributed by atoms with Gasteiger partial charge in [0.15, 0.2) is 5.78 Å². The Balaban J connectivity index is 1.61. The molecule has 1 atom stereocenters. The summed E-state index contributed by atoms with van der Waals surface area (Å²) in [5.41, 5.74) is 5.36. The van der Waals surface area contributed by atoms with Crippen LogP contribution in [0.15, 0.2) is 48.5 Å². The van der Waals surface area contributed by atoms with Crippen LogP contribution < -0.4 is 0 Å².